The second-order valence-electron chi connectivity index (χ2n) is 5.41. The van der Waals surface area contributed by atoms with Crippen LogP contribution in [0.3, 0.4) is 0 Å². The standard InChI is InChI=1S/C17H18N2O4S/c1-4-12-14(15(16(18)24-12)17(21)22-3)9-5-6-11-10(7-9)19(2)13(20)8-23-11/h5-7H,4,8,18H2,1-3H3. The highest BCUT2D eigenvalue weighted by Crippen LogP contribution is 2.42. The first-order valence-corrected chi connectivity index (χ1v) is 8.32. The molecule has 0 saturated heterocycles. The summed E-state index contributed by atoms with van der Waals surface area (Å²) in [4.78, 5) is 26.6. The topological polar surface area (TPSA) is 81.9 Å². The van der Waals surface area contributed by atoms with E-state index in [0.29, 0.717) is 22.0 Å². The molecule has 0 atom stereocenters. The zero-order chi connectivity index (χ0) is 17.4. The van der Waals surface area contributed by atoms with E-state index in [9.17, 15) is 9.59 Å². The van der Waals surface area contributed by atoms with Gasteiger partial charge in [0.05, 0.1) is 12.8 Å². The lowest BCUT2D eigenvalue weighted by Crippen LogP contribution is -2.35. The Kier molecular flexibility index (Phi) is 4.19. The summed E-state index contributed by atoms with van der Waals surface area (Å²) >= 11 is 1.38. The molecule has 2 aromatic rings. The minimum Gasteiger partial charge on any atom is -0.482 e. The van der Waals surface area contributed by atoms with Crippen LogP contribution in [0.25, 0.3) is 11.1 Å². The van der Waals surface area contributed by atoms with Crippen LogP contribution in [0.5, 0.6) is 5.75 Å². The molecule has 1 aliphatic heterocycles. The second kappa shape index (κ2) is 6.16. The van der Waals surface area contributed by atoms with Gasteiger partial charge in [0.15, 0.2) is 6.61 Å². The summed E-state index contributed by atoms with van der Waals surface area (Å²) in [6.45, 7) is 2.04. The molecule has 0 aliphatic carbocycles. The van der Waals surface area contributed by atoms with Crippen LogP contribution in [0.15, 0.2) is 18.2 Å². The Morgan fingerprint density at radius 2 is 2.21 bits per heavy atom. The highest BCUT2D eigenvalue weighted by Gasteiger charge is 2.27. The van der Waals surface area contributed by atoms with Gasteiger partial charge in [-0.15, -0.1) is 11.3 Å². The molecule has 0 fully saturated rings. The molecule has 2 N–H and O–H groups in total. The number of benzene rings is 1. The molecule has 0 unspecified atom stereocenters. The molecule has 0 spiro atoms. The number of esters is 1. The number of aryl methyl sites for hydroxylation is 1. The Morgan fingerprint density at radius 3 is 2.88 bits per heavy atom. The number of likely N-dealkylation sites (N-methyl/N-ethyl adjacent to an activating group) is 1. The molecule has 0 saturated carbocycles. The van der Waals surface area contributed by atoms with E-state index in [0.717, 1.165) is 22.4 Å². The Bertz CT molecular complexity index is 828. The number of nitrogen functional groups attached to an aromatic ring is 1. The Hall–Kier alpha value is -2.54. The van der Waals surface area contributed by atoms with E-state index in [4.69, 9.17) is 15.2 Å². The lowest BCUT2D eigenvalue weighted by atomic mass is 9.99. The van der Waals surface area contributed by atoms with Crippen molar-refractivity contribution in [2.75, 3.05) is 31.4 Å². The van der Waals surface area contributed by atoms with Crippen molar-refractivity contribution in [2.24, 2.45) is 0 Å². The van der Waals surface area contributed by atoms with Gasteiger partial charge in [-0.2, -0.15) is 0 Å². The van der Waals surface area contributed by atoms with Gasteiger partial charge in [0.2, 0.25) is 0 Å². The summed E-state index contributed by atoms with van der Waals surface area (Å²) in [6.07, 6.45) is 0.740. The number of carbonyl (C=O) groups is 2. The minimum atomic E-state index is -0.461. The average Bonchev–Trinajstić information content (AvgIpc) is 2.93. The molecule has 7 heteroatoms. The first-order valence-electron chi connectivity index (χ1n) is 7.51. The molecule has 0 radical (unpaired) electrons. The zero-order valence-electron chi connectivity index (χ0n) is 13.7. The first kappa shape index (κ1) is 16.3. The van der Waals surface area contributed by atoms with Crippen LogP contribution in [0.4, 0.5) is 10.7 Å². The molecule has 2 heterocycles. The first-order chi connectivity index (χ1) is 11.5. The Labute approximate surface area is 143 Å². The van der Waals surface area contributed by atoms with Crippen LogP contribution in [0, 0.1) is 0 Å². The predicted octanol–water partition coefficient (Wildman–Crippen LogP) is 2.70. The molecule has 126 valence electrons. The fourth-order valence-corrected chi connectivity index (χ4v) is 3.80. The van der Waals surface area contributed by atoms with Crippen molar-refractivity contribution >= 4 is 33.9 Å². The second-order valence-corrected chi connectivity index (χ2v) is 6.55. The van der Waals surface area contributed by atoms with Gasteiger partial charge in [0.1, 0.15) is 16.3 Å². The van der Waals surface area contributed by atoms with E-state index in [1.165, 1.54) is 18.4 Å². The molecule has 1 amide bonds. The molecule has 1 aliphatic rings. The fraction of sp³-hybridized carbons (Fsp3) is 0.294. The van der Waals surface area contributed by atoms with E-state index >= 15 is 0 Å². The summed E-state index contributed by atoms with van der Waals surface area (Å²) in [5.74, 6) is 0.0620. The van der Waals surface area contributed by atoms with Crippen molar-refractivity contribution in [1.29, 1.82) is 0 Å². The molecule has 3 rings (SSSR count). The van der Waals surface area contributed by atoms with Gasteiger partial charge in [0.25, 0.3) is 5.91 Å². The van der Waals surface area contributed by atoms with Crippen molar-refractivity contribution in [3.63, 3.8) is 0 Å². The van der Waals surface area contributed by atoms with Crippen LogP contribution in [0.2, 0.25) is 0 Å². The number of nitrogens with two attached hydrogens (primary N) is 1. The lowest BCUT2D eigenvalue weighted by molar-refractivity contribution is -0.120. The van der Waals surface area contributed by atoms with Crippen LogP contribution in [-0.2, 0) is 16.0 Å². The molecular weight excluding hydrogens is 328 g/mol. The van der Waals surface area contributed by atoms with Crippen LogP contribution in [-0.4, -0.2) is 32.6 Å². The summed E-state index contributed by atoms with van der Waals surface area (Å²) in [5.41, 5.74) is 8.67. The third-order valence-electron chi connectivity index (χ3n) is 4.05. The normalized spacial score (nSPS) is 13.5. The largest absolute Gasteiger partial charge is 0.482 e. The van der Waals surface area contributed by atoms with Gasteiger partial charge in [0, 0.05) is 17.5 Å². The van der Waals surface area contributed by atoms with E-state index in [-0.39, 0.29) is 12.5 Å². The SMILES string of the molecule is CCc1sc(N)c(C(=O)OC)c1-c1ccc2c(c1)N(C)C(=O)CO2. The number of hydrogen-bond donors (Lipinski definition) is 1. The summed E-state index contributed by atoms with van der Waals surface area (Å²) < 4.78 is 10.3. The van der Waals surface area contributed by atoms with Gasteiger partial charge < -0.3 is 20.1 Å². The molecule has 1 aromatic heterocycles. The van der Waals surface area contributed by atoms with Crippen molar-refractivity contribution in [3.8, 4) is 16.9 Å². The van der Waals surface area contributed by atoms with Gasteiger partial charge in [-0.25, -0.2) is 4.79 Å². The average molecular weight is 346 g/mol. The number of methoxy groups -OCH3 is 1. The molecule has 6 nitrogen and oxygen atoms in total. The highest BCUT2D eigenvalue weighted by molar-refractivity contribution is 7.17. The van der Waals surface area contributed by atoms with Gasteiger partial charge >= 0.3 is 5.97 Å². The molecule has 1 aromatic carbocycles. The smallest absolute Gasteiger partial charge is 0.341 e. The van der Waals surface area contributed by atoms with Crippen molar-refractivity contribution in [3.05, 3.63) is 28.6 Å². The maximum atomic E-state index is 12.2. The Morgan fingerprint density at radius 1 is 1.46 bits per heavy atom. The van der Waals surface area contributed by atoms with Crippen LogP contribution in [0.1, 0.15) is 22.2 Å². The van der Waals surface area contributed by atoms with E-state index < -0.39 is 5.97 Å². The number of thiophene rings is 1. The summed E-state index contributed by atoms with van der Waals surface area (Å²) in [6, 6.07) is 5.52. The number of rotatable bonds is 3. The number of fused-ring (bicyclic) bond motifs is 1. The fourth-order valence-electron chi connectivity index (χ4n) is 2.78. The van der Waals surface area contributed by atoms with Gasteiger partial charge in [-0.1, -0.05) is 13.0 Å². The highest BCUT2D eigenvalue weighted by atomic mass is 32.1. The molecule has 24 heavy (non-hydrogen) atoms. The number of amides is 1. The summed E-state index contributed by atoms with van der Waals surface area (Å²) in [7, 11) is 3.04. The number of ether oxygens (including phenoxy) is 2. The quantitative estimate of drug-likeness (QED) is 0.864. The van der Waals surface area contributed by atoms with Crippen molar-refractivity contribution < 1.29 is 19.1 Å². The minimum absolute atomic E-state index is 0.0296. The van der Waals surface area contributed by atoms with Crippen molar-refractivity contribution in [2.45, 2.75) is 13.3 Å². The maximum absolute atomic E-state index is 12.2. The molecule has 0 bridgehead atoms. The number of anilines is 2. The van der Waals surface area contributed by atoms with E-state index in [1.54, 1.807) is 11.9 Å². The predicted molar refractivity (Wildman–Crippen MR) is 93.8 cm³/mol. The third kappa shape index (κ3) is 2.50. The molecular formula is C17H18N2O4S. The zero-order valence-corrected chi connectivity index (χ0v) is 14.5. The van der Waals surface area contributed by atoms with Crippen LogP contribution >= 0.6 is 11.3 Å². The Balaban J connectivity index is 2.20. The van der Waals surface area contributed by atoms with Crippen molar-refractivity contribution in [1.82, 2.24) is 0 Å². The maximum Gasteiger partial charge on any atom is 0.341 e. The monoisotopic (exact) mass is 346 g/mol. The number of carbonyl (C=O) groups excluding carboxylic acids is 2. The van der Waals surface area contributed by atoms with E-state index in [2.05, 4.69) is 0 Å². The number of nitrogens with zero attached hydrogens (tertiary/aromatic N) is 1. The third-order valence-corrected chi connectivity index (χ3v) is 5.22. The van der Waals surface area contributed by atoms with Crippen LogP contribution < -0.4 is 15.4 Å². The van der Waals surface area contributed by atoms with Gasteiger partial charge in [-0.3, -0.25) is 4.79 Å². The summed E-state index contributed by atoms with van der Waals surface area (Å²) in [5, 5.41) is 0.437. The van der Waals surface area contributed by atoms with E-state index in [1.807, 2.05) is 25.1 Å². The van der Waals surface area contributed by atoms with Gasteiger partial charge in [-0.05, 0) is 24.1 Å². The lowest BCUT2D eigenvalue weighted by Gasteiger charge is -2.26. The number of hydrogen-bond acceptors (Lipinski definition) is 6.